The van der Waals surface area contributed by atoms with Gasteiger partial charge in [0.25, 0.3) is 6.29 Å². The predicted octanol–water partition coefficient (Wildman–Crippen LogP) is 3.50. The first kappa shape index (κ1) is 25.2. The number of ether oxygens (including phenoxy) is 2. The lowest BCUT2D eigenvalue weighted by atomic mass is 10.00. The summed E-state index contributed by atoms with van der Waals surface area (Å²) in [4.78, 5) is 20.0. The van der Waals surface area contributed by atoms with E-state index in [1.807, 2.05) is 0 Å². The molecule has 9 nitrogen and oxygen atoms in total. The molecule has 0 bridgehead atoms. The van der Waals surface area contributed by atoms with Crippen LogP contribution < -0.4 is 11.1 Å². The number of nitrogens with two attached hydrogens (primary N) is 1. The number of anilines is 1. The van der Waals surface area contributed by atoms with Crippen LogP contribution in [-0.4, -0.2) is 46.2 Å². The number of thiophene rings is 1. The van der Waals surface area contributed by atoms with E-state index in [-0.39, 0.29) is 29.0 Å². The number of hydrogen-bond donors (Lipinski definition) is 3. The number of hydrogen-bond acceptors (Lipinski definition) is 10. The van der Waals surface area contributed by atoms with E-state index in [0.717, 1.165) is 6.42 Å². The van der Waals surface area contributed by atoms with Gasteiger partial charge in [0, 0.05) is 12.6 Å². The second-order valence-electron chi connectivity index (χ2n) is 7.42. The Labute approximate surface area is 205 Å². The van der Waals surface area contributed by atoms with Crippen molar-refractivity contribution in [1.82, 2.24) is 9.97 Å². The molecule has 14 heteroatoms. The monoisotopic (exact) mass is 530 g/mol. The molecule has 0 amide bonds. The fourth-order valence-electron chi connectivity index (χ4n) is 3.40. The number of aromatic nitrogens is 2. The highest BCUT2D eigenvalue weighted by atomic mass is 35.5. The highest BCUT2D eigenvalue weighted by Gasteiger charge is 2.42. The summed E-state index contributed by atoms with van der Waals surface area (Å²) in [6, 6.07) is 3.12. The Balaban J connectivity index is 1.75. The molecule has 1 fully saturated rings. The summed E-state index contributed by atoms with van der Waals surface area (Å²) in [5, 5.41) is 12.7. The van der Waals surface area contributed by atoms with E-state index in [1.165, 1.54) is 17.6 Å². The zero-order chi connectivity index (χ0) is 25.2. The third kappa shape index (κ3) is 5.85. The topological polar surface area (TPSA) is 133 Å². The molecule has 186 valence electrons. The van der Waals surface area contributed by atoms with Gasteiger partial charge in [-0.25, -0.2) is 9.78 Å². The van der Waals surface area contributed by atoms with Crippen molar-refractivity contribution in [3.63, 3.8) is 0 Å². The number of halogens is 4. The number of carbonyl (C=O) groups excluding carboxylic acids is 1. The van der Waals surface area contributed by atoms with Gasteiger partial charge in [-0.2, -0.15) is 18.2 Å². The van der Waals surface area contributed by atoms with Crippen molar-refractivity contribution in [2.75, 3.05) is 11.9 Å². The minimum absolute atomic E-state index is 0.121. The molecule has 3 aromatic heterocycles. The second kappa shape index (κ2) is 10.4. The molecule has 4 N–H and O–H groups in total. The molecule has 1 aliphatic rings. The maximum Gasteiger partial charge on any atom is 0.491 e. The summed E-state index contributed by atoms with van der Waals surface area (Å²) in [6.07, 6.45) is -5.23. The minimum Gasteiger partial charge on any atom is -0.467 e. The number of carbonyl (C=O) groups is 1. The van der Waals surface area contributed by atoms with Crippen molar-refractivity contribution in [3.05, 3.63) is 39.9 Å². The number of aliphatic hydroxyl groups is 1. The molecule has 1 saturated heterocycles. The molecule has 1 unspecified atom stereocenters. The van der Waals surface area contributed by atoms with Gasteiger partial charge in [0.05, 0.1) is 27.9 Å². The van der Waals surface area contributed by atoms with Gasteiger partial charge >= 0.3 is 12.1 Å². The number of nitrogens with one attached hydrogen (secondary N) is 1. The Hall–Kier alpha value is -2.89. The molecule has 0 saturated carbocycles. The van der Waals surface area contributed by atoms with E-state index in [0.29, 0.717) is 34.2 Å². The molecule has 4 rings (SSSR count). The van der Waals surface area contributed by atoms with Gasteiger partial charge < -0.3 is 30.0 Å². The van der Waals surface area contributed by atoms with Crippen LogP contribution in [-0.2, 0) is 20.8 Å². The molecule has 3 atom stereocenters. The van der Waals surface area contributed by atoms with E-state index >= 15 is 0 Å². The molecule has 4 heterocycles. The smallest absolute Gasteiger partial charge is 0.467 e. The Morgan fingerprint density at radius 3 is 2.94 bits per heavy atom. The van der Waals surface area contributed by atoms with Gasteiger partial charge in [0.2, 0.25) is 5.28 Å². The summed E-state index contributed by atoms with van der Waals surface area (Å²) >= 11 is 7.36. The molecular weight excluding hydrogens is 513 g/mol. The maximum absolute atomic E-state index is 12.4. The SMILES string of the molecule is N[C@@H]1CCCO[C@H]1c1sc2c(NCc3ccco3)nc(Cl)nc2c1C#CC(O)OC(=O)C(F)(F)F. The molecule has 0 aromatic carbocycles. The first-order valence-corrected chi connectivity index (χ1v) is 11.4. The normalized spacial score (nSPS) is 19.1. The van der Waals surface area contributed by atoms with Crippen LogP contribution in [0.5, 0.6) is 0 Å². The number of furan rings is 1. The van der Waals surface area contributed by atoms with Crippen LogP contribution in [0.1, 0.15) is 35.1 Å². The lowest BCUT2D eigenvalue weighted by Gasteiger charge is -2.28. The van der Waals surface area contributed by atoms with Gasteiger partial charge in [-0.3, -0.25) is 0 Å². The van der Waals surface area contributed by atoms with Crippen molar-refractivity contribution in [2.24, 2.45) is 5.73 Å². The molecule has 1 aliphatic heterocycles. The Bertz CT molecular complexity index is 1270. The van der Waals surface area contributed by atoms with E-state index in [2.05, 4.69) is 31.9 Å². The van der Waals surface area contributed by atoms with Gasteiger partial charge in [0.15, 0.2) is 0 Å². The quantitative estimate of drug-likeness (QED) is 0.196. The average Bonchev–Trinajstić information content (AvgIpc) is 3.43. The largest absolute Gasteiger partial charge is 0.491 e. The number of fused-ring (bicyclic) bond motifs is 1. The highest BCUT2D eigenvalue weighted by molar-refractivity contribution is 7.20. The van der Waals surface area contributed by atoms with E-state index in [9.17, 15) is 23.1 Å². The number of alkyl halides is 3. The van der Waals surface area contributed by atoms with Gasteiger partial charge in [-0.15, -0.1) is 11.3 Å². The van der Waals surface area contributed by atoms with Crippen LogP contribution in [0.2, 0.25) is 5.28 Å². The van der Waals surface area contributed by atoms with E-state index < -0.39 is 24.5 Å². The van der Waals surface area contributed by atoms with Crippen LogP contribution >= 0.6 is 22.9 Å². The minimum atomic E-state index is -5.28. The number of aliphatic hydroxyl groups excluding tert-OH is 1. The lowest BCUT2D eigenvalue weighted by Crippen LogP contribution is -2.34. The third-order valence-electron chi connectivity index (χ3n) is 4.94. The van der Waals surface area contributed by atoms with Gasteiger partial charge in [0.1, 0.15) is 23.2 Å². The number of nitrogens with zero attached hydrogens (tertiary/aromatic N) is 2. The van der Waals surface area contributed by atoms with Crippen LogP contribution in [0.3, 0.4) is 0 Å². The Morgan fingerprint density at radius 2 is 2.26 bits per heavy atom. The molecule has 35 heavy (non-hydrogen) atoms. The van der Waals surface area contributed by atoms with Crippen LogP contribution in [0.4, 0.5) is 19.0 Å². The predicted molar refractivity (Wildman–Crippen MR) is 119 cm³/mol. The summed E-state index contributed by atoms with van der Waals surface area (Å²) in [5.41, 5.74) is 6.76. The summed E-state index contributed by atoms with van der Waals surface area (Å²) in [5.74, 6) is 3.11. The van der Waals surface area contributed by atoms with Gasteiger partial charge in [-0.05, 0) is 42.5 Å². The van der Waals surface area contributed by atoms with Crippen LogP contribution in [0, 0.1) is 11.8 Å². The third-order valence-corrected chi connectivity index (χ3v) is 6.36. The first-order valence-electron chi connectivity index (χ1n) is 10.2. The maximum atomic E-state index is 12.4. The standard InChI is InChI=1S/C21H18ClF3N4O5S/c22-20-28-14-11(5-6-13(30)34-19(31)21(23,24)25)16(15-12(26)4-2-8-33-15)35-17(14)18(29-20)27-9-10-3-1-7-32-10/h1,3,7,12-13,15,30H,2,4,8-9,26H2,(H,27,28,29)/t12-,13?,15-/m1/s1. The highest BCUT2D eigenvalue weighted by Crippen LogP contribution is 2.41. The van der Waals surface area contributed by atoms with E-state index in [1.54, 1.807) is 12.1 Å². The van der Waals surface area contributed by atoms with Gasteiger partial charge in [-0.1, -0.05) is 5.92 Å². The van der Waals surface area contributed by atoms with Crippen LogP contribution in [0.25, 0.3) is 10.2 Å². The lowest BCUT2D eigenvalue weighted by molar-refractivity contribution is -0.213. The Kier molecular flexibility index (Phi) is 7.48. The van der Waals surface area contributed by atoms with Crippen molar-refractivity contribution < 1.29 is 37.0 Å². The molecule has 0 aliphatic carbocycles. The van der Waals surface area contributed by atoms with Crippen molar-refractivity contribution in [2.45, 2.75) is 44.0 Å². The molecular formula is C21H18ClF3N4O5S. The van der Waals surface area contributed by atoms with E-state index in [4.69, 9.17) is 26.5 Å². The summed E-state index contributed by atoms with van der Waals surface area (Å²) in [7, 11) is 0. The molecule has 3 aromatic rings. The average molecular weight is 531 g/mol. The molecule has 0 radical (unpaired) electrons. The Morgan fingerprint density at radius 1 is 1.46 bits per heavy atom. The molecule has 0 spiro atoms. The number of rotatable bonds is 5. The first-order chi connectivity index (χ1) is 16.6. The summed E-state index contributed by atoms with van der Waals surface area (Å²) < 4.78 is 53.0. The fraction of sp³-hybridized carbons (Fsp3) is 0.381. The van der Waals surface area contributed by atoms with Crippen molar-refractivity contribution >= 4 is 44.9 Å². The zero-order valence-electron chi connectivity index (χ0n) is 17.8. The van der Waals surface area contributed by atoms with Crippen molar-refractivity contribution in [1.29, 1.82) is 0 Å². The number of esters is 1. The summed E-state index contributed by atoms with van der Waals surface area (Å²) in [6.45, 7) is 0.733. The van der Waals surface area contributed by atoms with Crippen molar-refractivity contribution in [3.8, 4) is 11.8 Å². The zero-order valence-corrected chi connectivity index (χ0v) is 19.3. The van der Waals surface area contributed by atoms with Crippen LogP contribution in [0.15, 0.2) is 22.8 Å². The second-order valence-corrected chi connectivity index (χ2v) is 8.81. The fourth-order valence-corrected chi connectivity index (χ4v) is 4.85.